The average molecular weight is 1020 g/mol. The summed E-state index contributed by atoms with van der Waals surface area (Å²) in [5.74, 6) is 0.0692. The molecule has 0 bridgehead atoms. The molecule has 0 saturated heterocycles. The summed E-state index contributed by atoms with van der Waals surface area (Å²) in [6, 6.07) is 79.6. The second-order valence-electron chi connectivity index (χ2n) is 22.2. The van der Waals surface area contributed by atoms with Crippen LogP contribution in [0.3, 0.4) is 0 Å². The first-order chi connectivity index (χ1) is 38.5. The van der Waals surface area contributed by atoms with Crippen molar-refractivity contribution in [3.8, 4) is 0 Å². The molecule has 3 heteroatoms. The number of nitrogens with zero attached hydrogens (tertiary/aromatic N) is 3. The lowest BCUT2D eigenvalue weighted by atomic mass is 9.80. The maximum atomic E-state index is 2.48. The molecule has 394 valence electrons. The first-order valence-corrected chi connectivity index (χ1v) is 29.8. The van der Waals surface area contributed by atoms with E-state index in [0.29, 0.717) is 0 Å². The zero-order chi connectivity index (χ0) is 53.2. The molecule has 9 aromatic rings. The summed E-state index contributed by atoms with van der Waals surface area (Å²) < 4.78 is 0. The highest BCUT2D eigenvalue weighted by Gasteiger charge is 2.24. The van der Waals surface area contributed by atoms with Gasteiger partial charge in [0.05, 0.1) is 0 Å². The molecule has 0 N–H and O–H groups in total. The standard InChI is InChI=1S/C75H79N3/c1-5-9-13-55-17-36-66(37-18-55)76(67-38-19-56(20-39-67)14-10-6-2)70-44-32-61(33-45-70)75(65-30-27-59-25-28-63(59)53-65)62-34-46-71(47-35-62)78(74-48-31-60-26-29-64(60)54-74)73-51-49-72(50-52-73)77(68-40-21-57(22-41-68)15-11-7-3)69-42-23-58(24-43-69)16-12-8-4/h17-24,27,30-54,75H,5-16,25-26,28-29H2,1-4H3. The normalized spacial score (nSPS) is 12.7. The molecule has 1 unspecified atom stereocenters. The van der Waals surface area contributed by atoms with Gasteiger partial charge >= 0.3 is 0 Å². The van der Waals surface area contributed by atoms with Crippen LogP contribution in [-0.2, 0) is 51.4 Å². The molecular formula is C75H79N3. The van der Waals surface area contributed by atoms with Crippen molar-refractivity contribution in [3.05, 3.63) is 267 Å². The zero-order valence-electron chi connectivity index (χ0n) is 46.9. The average Bonchev–Trinajstić information content (AvgIpc) is 3.48. The van der Waals surface area contributed by atoms with E-state index < -0.39 is 0 Å². The summed E-state index contributed by atoms with van der Waals surface area (Å²) in [6.07, 6.45) is 18.7. The third-order valence-corrected chi connectivity index (χ3v) is 16.7. The number of aryl methyl sites for hydroxylation is 8. The molecule has 0 heterocycles. The van der Waals surface area contributed by atoms with Crippen molar-refractivity contribution < 1.29 is 0 Å². The van der Waals surface area contributed by atoms with Gasteiger partial charge in [0.1, 0.15) is 0 Å². The van der Waals surface area contributed by atoms with Gasteiger partial charge in [-0.2, -0.15) is 0 Å². The van der Waals surface area contributed by atoms with Crippen LogP contribution in [0.25, 0.3) is 0 Å². The maximum Gasteiger partial charge on any atom is 0.0464 e. The van der Waals surface area contributed by atoms with Crippen LogP contribution in [0.15, 0.2) is 206 Å². The van der Waals surface area contributed by atoms with Crippen molar-refractivity contribution in [2.75, 3.05) is 14.7 Å². The molecular weight excluding hydrogens is 943 g/mol. The van der Waals surface area contributed by atoms with E-state index in [2.05, 4.69) is 249 Å². The fraction of sp³-hybridized carbons (Fsp3) is 0.280. The monoisotopic (exact) mass is 1020 g/mol. The van der Waals surface area contributed by atoms with Crippen LogP contribution < -0.4 is 14.7 Å². The Balaban J connectivity index is 0.934. The Labute approximate surface area is 467 Å². The molecule has 2 aliphatic carbocycles. The Morgan fingerprint density at radius 2 is 0.500 bits per heavy atom. The van der Waals surface area contributed by atoms with Gasteiger partial charge in [0.2, 0.25) is 0 Å². The molecule has 78 heavy (non-hydrogen) atoms. The molecule has 0 spiro atoms. The molecule has 9 aromatic carbocycles. The molecule has 0 aromatic heterocycles. The number of fused-ring (bicyclic) bond motifs is 2. The van der Waals surface area contributed by atoms with Crippen LogP contribution in [0.2, 0.25) is 0 Å². The van der Waals surface area contributed by atoms with Crippen LogP contribution in [-0.4, -0.2) is 0 Å². The van der Waals surface area contributed by atoms with Gasteiger partial charge in [-0.1, -0.05) is 150 Å². The minimum Gasteiger partial charge on any atom is -0.311 e. The molecule has 0 aliphatic heterocycles. The summed E-state index contributed by atoms with van der Waals surface area (Å²) in [7, 11) is 0. The van der Waals surface area contributed by atoms with Crippen molar-refractivity contribution in [1.29, 1.82) is 0 Å². The minimum atomic E-state index is 0.0692. The largest absolute Gasteiger partial charge is 0.311 e. The van der Waals surface area contributed by atoms with E-state index in [1.165, 1.54) is 147 Å². The lowest BCUT2D eigenvalue weighted by Gasteiger charge is -2.30. The predicted octanol–water partition coefficient (Wildman–Crippen LogP) is 20.8. The minimum absolute atomic E-state index is 0.0692. The van der Waals surface area contributed by atoms with E-state index >= 15 is 0 Å². The number of hydrogen-bond donors (Lipinski definition) is 0. The van der Waals surface area contributed by atoms with Crippen LogP contribution in [0.5, 0.6) is 0 Å². The van der Waals surface area contributed by atoms with Gasteiger partial charge in [-0.3, -0.25) is 0 Å². The van der Waals surface area contributed by atoms with Gasteiger partial charge in [-0.05, 0) is 247 Å². The molecule has 3 nitrogen and oxygen atoms in total. The third-order valence-electron chi connectivity index (χ3n) is 16.7. The predicted molar refractivity (Wildman–Crippen MR) is 334 cm³/mol. The van der Waals surface area contributed by atoms with Crippen molar-refractivity contribution >= 4 is 51.2 Å². The van der Waals surface area contributed by atoms with Crippen molar-refractivity contribution in [3.63, 3.8) is 0 Å². The Morgan fingerprint density at radius 1 is 0.256 bits per heavy atom. The van der Waals surface area contributed by atoms with Gasteiger partial charge < -0.3 is 14.7 Å². The first kappa shape index (κ1) is 52.4. The van der Waals surface area contributed by atoms with Crippen LogP contribution in [0, 0.1) is 0 Å². The molecule has 0 amide bonds. The van der Waals surface area contributed by atoms with Gasteiger partial charge in [0, 0.05) is 57.1 Å². The van der Waals surface area contributed by atoms with Gasteiger partial charge in [0.15, 0.2) is 0 Å². The van der Waals surface area contributed by atoms with Gasteiger partial charge in [0.25, 0.3) is 0 Å². The topological polar surface area (TPSA) is 9.72 Å². The second kappa shape index (κ2) is 24.8. The van der Waals surface area contributed by atoms with Crippen molar-refractivity contribution in [2.24, 2.45) is 0 Å². The Hall–Kier alpha value is -7.62. The highest BCUT2D eigenvalue weighted by Crippen LogP contribution is 2.44. The molecule has 1 atom stereocenters. The Morgan fingerprint density at radius 3 is 0.782 bits per heavy atom. The highest BCUT2D eigenvalue weighted by molar-refractivity contribution is 5.82. The molecule has 0 radical (unpaired) electrons. The van der Waals surface area contributed by atoms with Crippen LogP contribution in [0.1, 0.15) is 146 Å². The maximum absolute atomic E-state index is 2.48. The second-order valence-corrected chi connectivity index (χ2v) is 22.2. The van der Waals surface area contributed by atoms with Gasteiger partial charge in [-0.15, -0.1) is 0 Å². The van der Waals surface area contributed by atoms with Crippen molar-refractivity contribution in [2.45, 2.75) is 136 Å². The Bertz CT molecular complexity index is 3020. The zero-order valence-corrected chi connectivity index (χ0v) is 46.9. The molecule has 0 saturated carbocycles. The SMILES string of the molecule is CCCCc1ccc(N(c2ccc(CCCC)cc2)c2ccc(C(c3ccc(N(c4ccc(N(c5ccc(CCCC)cc5)c5ccc(CCCC)cc5)cc4)c4ccc5c(c4)CC5)cc3)c3ccc4c(c3)CC4)cc2)cc1. The van der Waals surface area contributed by atoms with E-state index in [0.717, 1.165) is 67.7 Å². The smallest absolute Gasteiger partial charge is 0.0464 e. The Kier molecular flexibility index (Phi) is 16.7. The van der Waals surface area contributed by atoms with Crippen LogP contribution in [0.4, 0.5) is 51.2 Å². The number of hydrogen-bond acceptors (Lipinski definition) is 3. The number of rotatable bonds is 24. The van der Waals surface area contributed by atoms with E-state index in [1.807, 2.05) is 0 Å². The first-order valence-electron chi connectivity index (χ1n) is 29.8. The van der Waals surface area contributed by atoms with Crippen LogP contribution >= 0.6 is 0 Å². The number of benzene rings is 9. The van der Waals surface area contributed by atoms with Gasteiger partial charge in [-0.25, -0.2) is 0 Å². The summed E-state index contributed by atoms with van der Waals surface area (Å²) in [4.78, 5) is 7.30. The highest BCUT2D eigenvalue weighted by atomic mass is 15.2. The number of anilines is 9. The summed E-state index contributed by atoms with van der Waals surface area (Å²) in [5, 5.41) is 0. The fourth-order valence-electron chi connectivity index (χ4n) is 11.8. The summed E-state index contributed by atoms with van der Waals surface area (Å²) in [6.45, 7) is 9.08. The quantitative estimate of drug-likeness (QED) is 0.0559. The summed E-state index contributed by atoms with van der Waals surface area (Å²) in [5.41, 5.74) is 25.9. The lowest BCUT2D eigenvalue weighted by molar-refractivity contribution is 0.795. The lowest BCUT2D eigenvalue weighted by Crippen LogP contribution is -2.15. The van der Waals surface area contributed by atoms with E-state index in [1.54, 1.807) is 0 Å². The van der Waals surface area contributed by atoms with Crippen molar-refractivity contribution in [1.82, 2.24) is 0 Å². The summed E-state index contributed by atoms with van der Waals surface area (Å²) >= 11 is 0. The number of unbranched alkanes of at least 4 members (excludes halogenated alkanes) is 4. The van der Waals surface area contributed by atoms with E-state index in [4.69, 9.17) is 0 Å². The molecule has 0 fully saturated rings. The molecule has 11 rings (SSSR count). The third kappa shape index (κ3) is 11.8. The molecule has 2 aliphatic rings. The van der Waals surface area contributed by atoms with E-state index in [-0.39, 0.29) is 5.92 Å². The fourth-order valence-corrected chi connectivity index (χ4v) is 11.8. The van der Waals surface area contributed by atoms with E-state index in [9.17, 15) is 0 Å².